The predicted octanol–water partition coefficient (Wildman–Crippen LogP) is 1.85. The van der Waals surface area contributed by atoms with Gasteiger partial charge in [0.1, 0.15) is 5.82 Å². The number of benzene rings is 1. The van der Waals surface area contributed by atoms with E-state index in [1.54, 1.807) is 18.8 Å². The number of hydrogen-bond donors (Lipinski definition) is 1. The summed E-state index contributed by atoms with van der Waals surface area (Å²) < 4.78 is 1.32. The maximum absolute atomic E-state index is 11.2. The van der Waals surface area contributed by atoms with Crippen molar-refractivity contribution in [3.8, 4) is 0 Å². The molecular formula is C12H15N3OS. The number of aromatic amines is 1. The van der Waals surface area contributed by atoms with Crippen molar-refractivity contribution in [1.29, 1.82) is 0 Å². The summed E-state index contributed by atoms with van der Waals surface area (Å²) in [5.41, 5.74) is 2.47. The molecule has 0 amide bonds. The molecule has 2 rings (SSSR count). The van der Waals surface area contributed by atoms with Crippen molar-refractivity contribution in [2.24, 2.45) is 7.05 Å². The minimum atomic E-state index is -0.156. The second-order valence-corrected chi connectivity index (χ2v) is 4.91. The fourth-order valence-electron chi connectivity index (χ4n) is 1.55. The fourth-order valence-corrected chi connectivity index (χ4v) is 2.52. The number of rotatable bonds is 4. The average molecular weight is 249 g/mol. The molecule has 0 aliphatic rings. The van der Waals surface area contributed by atoms with Crippen molar-refractivity contribution < 1.29 is 0 Å². The van der Waals surface area contributed by atoms with Crippen LogP contribution in [0.1, 0.15) is 17.0 Å². The topological polar surface area (TPSA) is 50.7 Å². The molecule has 0 unspecified atom stereocenters. The molecule has 0 saturated heterocycles. The van der Waals surface area contributed by atoms with Crippen LogP contribution in [0, 0.1) is 6.92 Å². The van der Waals surface area contributed by atoms with E-state index in [0.717, 1.165) is 17.3 Å². The van der Waals surface area contributed by atoms with E-state index in [4.69, 9.17) is 0 Å². The predicted molar refractivity (Wildman–Crippen MR) is 70.0 cm³/mol. The summed E-state index contributed by atoms with van der Waals surface area (Å²) in [5.74, 6) is 2.39. The lowest BCUT2D eigenvalue weighted by atomic mass is 10.1. The minimum absolute atomic E-state index is 0.156. The smallest absolute Gasteiger partial charge is 0.292 e. The first-order chi connectivity index (χ1) is 8.16. The van der Waals surface area contributed by atoms with E-state index < -0.39 is 0 Å². The maximum Gasteiger partial charge on any atom is 0.343 e. The second-order valence-electron chi connectivity index (χ2n) is 3.92. The lowest BCUT2D eigenvalue weighted by Gasteiger charge is -2.03. The maximum atomic E-state index is 11.2. The Morgan fingerprint density at radius 2 is 2.12 bits per heavy atom. The van der Waals surface area contributed by atoms with Crippen molar-refractivity contribution in [1.82, 2.24) is 14.8 Å². The number of nitrogens with zero attached hydrogens (tertiary/aromatic N) is 2. The Morgan fingerprint density at radius 1 is 1.35 bits per heavy atom. The first kappa shape index (κ1) is 12.0. The molecule has 0 saturated carbocycles. The number of nitrogens with one attached hydrogen (secondary N) is 1. The van der Waals surface area contributed by atoms with Gasteiger partial charge in [0, 0.05) is 12.8 Å². The van der Waals surface area contributed by atoms with Crippen LogP contribution >= 0.6 is 11.8 Å². The Balaban J connectivity index is 1.92. The van der Waals surface area contributed by atoms with Crippen LogP contribution in [0.3, 0.4) is 0 Å². The molecule has 5 heteroatoms. The van der Waals surface area contributed by atoms with Gasteiger partial charge in [0.15, 0.2) is 0 Å². The second kappa shape index (κ2) is 5.23. The van der Waals surface area contributed by atoms with Crippen LogP contribution < -0.4 is 5.69 Å². The molecule has 90 valence electrons. The standard InChI is InChI=1S/C12H15N3OS/c1-9-5-3-4-6-10(9)7-17-8-11-13-12(16)15(2)14-11/h3-6H,7-8H2,1-2H3,(H,13,14,16). The van der Waals surface area contributed by atoms with E-state index in [2.05, 4.69) is 29.1 Å². The van der Waals surface area contributed by atoms with E-state index in [1.165, 1.54) is 15.8 Å². The summed E-state index contributed by atoms with van der Waals surface area (Å²) in [4.78, 5) is 13.9. The Kier molecular flexibility index (Phi) is 3.68. The van der Waals surface area contributed by atoms with E-state index in [9.17, 15) is 4.79 Å². The summed E-state index contributed by atoms with van der Waals surface area (Å²) in [5, 5.41) is 4.09. The van der Waals surface area contributed by atoms with Crippen LogP contribution in [-0.4, -0.2) is 14.8 Å². The molecule has 1 heterocycles. The number of aryl methyl sites for hydroxylation is 2. The van der Waals surface area contributed by atoms with Crippen LogP contribution in [0.15, 0.2) is 29.1 Å². The largest absolute Gasteiger partial charge is 0.343 e. The molecule has 1 aromatic carbocycles. The van der Waals surface area contributed by atoms with E-state index >= 15 is 0 Å². The molecule has 0 atom stereocenters. The highest BCUT2D eigenvalue weighted by atomic mass is 32.2. The number of aromatic nitrogens is 3. The van der Waals surface area contributed by atoms with Crippen LogP contribution in [0.25, 0.3) is 0 Å². The van der Waals surface area contributed by atoms with Gasteiger partial charge in [0.2, 0.25) is 0 Å². The molecule has 0 spiro atoms. The number of hydrogen-bond acceptors (Lipinski definition) is 3. The molecule has 1 aromatic heterocycles. The van der Waals surface area contributed by atoms with Crippen molar-refractivity contribution in [2.75, 3.05) is 0 Å². The molecular weight excluding hydrogens is 234 g/mol. The number of H-pyrrole nitrogens is 1. The fraction of sp³-hybridized carbons (Fsp3) is 0.333. The molecule has 17 heavy (non-hydrogen) atoms. The van der Waals surface area contributed by atoms with Crippen molar-refractivity contribution in [3.05, 3.63) is 51.7 Å². The van der Waals surface area contributed by atoms with Gasteiger partial charge in [-0.05, 0) is 18.1 Å². The highest BCUT2D eigenvalue weighted by Crippen LogP contribution is 2.17. The van der Waals surface area contributed by atoms with Crippen molar-refractivity contribution in [3.63, 3.8) is 0 Å². The summed E-state index contributed by atoms with van der Waals surface area (Å²) in [7, 11) is 1.65. The first-order valence-electron chi connectivity index (χ1n) is 5.41. The van der Waals surface area contributed by atoms with Crippen molar-refractivity contribution in [2.45, 2.75) is 18.4 Å². The van der Waals surface area contributed by atoms with Gasteiger partial charge in [-0.25, -0.2) is 9.48 Å². The zero-order valence-electron chi connectivity index (χ0n) is 9.93. The van der Waals surface area contributed by atoms with Gasteiger partial charge in [-0.2, -0.15) is 5.10 Å². The Morgan fingerprint density at radius 3 is 2.76 bits per heavy atom. The zero-order chi connectivity index (χ0) is 12.3. The van der Waals surface area contributed by atoms with Crippen LogP contribution in [-0.2, 0) is 18.6 Å². The van der Waals surface area contributed by atoms with Gasteiger partial charge in [-0.1, -0.05) is 24.3 Å². The minimum Gasteiger partial charge on any atom is -0.292 e. The third-order valence-corrected chi connectivity index (χ3v) is 3.57. The lowest BCUT2D eigenvalue weighted by molar-refractivity contribution is 0.727. The number of thioether (sulfide) groups is 1. The van der Waals surface area contributed by atoms with Gasteiger partial charge >= 0.3 is 5.69 Å². The summed E-state index contributed by atoms with van der Waals surface area (Å²) in [6.07, 6.45) is 0. The van der Waals surface area contributed by atoms with Gasteiger partial charge in [-0.3, -0.25) is 4.98 Å². The summed E-state index contributed by atoms with van der Waals surface area (Å²) in [6.45, 7) is 2.11. The van der Waals surface area contributed by atoms with E-state index in [1.807, 2.05) is 12.1 Å². The molecule has 0 aliphatic carbocycles. The quantitative estimate of drug-likeness (QED) is 0.899. The monoisotopic (exact) mass is 249 g/mol. The molecule has 2 aromatic rings. The SMILES string of the molecule is Cc1ccccc1CSCc1nn(C)c(=O)[nH]1. The summed E-state index contributed by atoms with van der Waals surface area (Å²) >= 11 is 1.75. The highest BCUT2D eigenvalue weighted by molar-refractivity contribution is 7.97. The van der Waals surface area contributed by atoms with E-state index in [-0.39, 0.29) is 5.69 Å². The third-order valence-electron chi connectivity index (χ3n) is 2.57. The highest BCUT2D eigenvalue weighted by Gasteiger charge is 2.02. The van der Waals surface area contributed by atoms with Crippen LogP contribution in [0.2, 0.25) is 0 Å². The van der Waals surface area contributed by atoms with Gasteiger partial charge in [0.05, 0.1) is 5.75 Å². The molecule has 0 fully saturated rings. The molecule has 0 aliphatic heterocycles. The third kappa shape index (κ3) is 3.00. The summed E-state index contributed by atoms with van der Waals surface area (Å²) in [6, 6.07) is 8.33. The van der Waals surface area contributed by atoms with Gasteiger partial charge in [0.25, 0.3) is 0 Å². The zero-order valence-corrected chi connectivity index (χ0v) is 10.8. The molecule has 0 radical (unpaired) electrons. The molecule has 4 nitrogen and oxygen atoms in total. The van der Waals surface area contributed by atoms with Gasteiger partial charge in [-0.15, -0.1) is 11.8 Å². The van der Waals surface area contributed by atoms with Crippen LogP contribution in [0.4, 0.5) is 0 Å². The Bertz CT molecular complexity index is 559. The van der Waals surface area contributed by atoms with Crippen molar-refractivity contribution >= 4 is 11.8 Å². The average Bonchev–Trinajstić information content (AvgIpc) is 2.61. The Labute approximate surface area is 104 Å². The van der Waals surface area contributed by atoms with Crippen LogP contribution in [0.5, 0.6) is 0 Å². The molecule has 0 bridgehead atoms. The first-order valence-corrected chi connectivity index (χ1v) is 6.57. The lowest BCUT2D eigenvalue weighted by Crippen LogP contribution is -2.13. The molecule has 1 N–H and O–H groups in total. The Hall–Kier alpha value is -1.49. The van der Waals surface area contributed by atoms with Gasteiger partial charge < -0.3 is 0 Å². The van der Waals surface area contributed by atoms with E-state index in [0.29, 0.717) is 0 Å². The normalized spacial score (nSPS) is 10.7.